The van der Waals surface area contributed by atoms with Crippen LogP contribution in [-0.4, -0.2) is 16.1 Å². The largest absolute Gasteiger partial charge is 0.477 e. The number of carbonyl (C=O) groups is 1. The molecule has 0 aliphatic rings. The minimum absolute atomic E-state index is 0.0635. The average Bonchev–Trinajstić information content (AvgIpc) is 2.29. The Bertz CT molecular complexity index is 558. The molecule has 0 amide bonds. The maximum atomic E-state index is 12.9. The number of nitrogens with one attached hydrogen (secondary N) is 1. The number of nitrogens with zero attached hydrogens (tertiary/aromatic N) is 1. The molecule has 2 N–H and O–H groups in total. The highest BCUT2D eigenvalue weighted by Crippen LogP contribution is 2.17. The first-order valence-corrected chi connectivity index (χ1v) is 4.87. The minimum Gasteiger partial charge on any atom is -0.477 e. The molecule has 1 aromatic carbocycles. The number of pyridine rings is 1. The highest BCUT2D eigenvalue weighted by Gasteiger charge is 2.05. The second-order valence-corrected chi connectivity index (χ2v) is 3.37. The smallest absolute Gasteiger partial charge is 0.354 e. The molecule has 0 fully saturated rings. The summed E-state index contributed by atoms with van der Waals surface area (Å²) in [5.41, 5.74) is 1.03. The molecule has 0 aliphatic carbocycles. The summed E-state index contributed by atoms with van der Waals surface area (Å²) in [5.74, 6) is -1.46. The number of rotatable bonds is 3. The summed E-state index contributed by atoms with van der Waals surface area (Å²) in [5, 5.41) is 11.7. The van der Waals surface area contributed by atoms with Crippen molar-refractivity contribution in [1.29, 1.82) is 0 Å². The Balaban J connectivity index is 2.24. The quantitative estimate of drug-likeness (QED) is 0.853. The van der Waals surface area contributed by atoms with Crippen molar-refractivity contribution in [3.63, 3.8) is 0 Å². The lowest BCUT2D eigenvalue weighted by molar-refractivity contribution is 0.0690. The Kier molecular flexibility index (Phi) is 3.00. The van der Waals surface area contributed by atoms with Crippen LogP contribution in [0.15, 0.2) is 42.6 Å². The standard InChI is InChI=1S/C12H9FN2O2/c13-8-2-1-3-9(6-8)15-10-4-5-14-11(7-10)12(16)17/h1-7H,(H,14,15)(H,16,17). The van der Waals surface area contributed by atoms with Gasteiger partial charge in [0.05, 0.1) is 0 Å². The van der Waals surface area contributed by atoms with E-state index in [1.54, 1.807) is 18.2 Å². The molecule has 2 rings (SSSR count). The monoisotopic (exact) mass is 232 g/mol. The lowest BCUT2D eigenvalue weighted by Gasteiger charge is -2.06. The molecule has 0 atom stereocenters. The molecule has 0 spiro atoms. The number of halogens is 1. The second kappa shape index (κ2) is 4.61. The molecule has 0 unspecified atom stereocenters. The zero-order chi connectivity index (χ0) is 12.3. The summed E-state index contributed by atoms with van der Waals surface area (Å²) in [6.07, 6.45) is 1.38. The van der Waals surface area contributed by atoms with Gasteiger partial charge in [0.25, 0.3) is 0 Å². The fourth-order valence-electron chi connectivity index (χ4n) is 1.36. The van der Waals surface area contributed by atoms with Gasteiger partial charge >= 0.3 is 5.97 Å². The Hall–Kier alpha value is -2.43. The molecule has 86 valence electrons. The van der Waals surface area contributed by atoms with Crippen molar-refractivity contribution in [2.24, 2.45) is 0 Å². The van der Waals surface area contributed by atoms with Crippen LogP contribution in [-0.2, 0) is 0 Å². The summed E-state index contributed by atoms with van der Waals surface area (Å²) < 4.78 is 12.9. The predicted octanol–water partition coefficient (Wildman–Crippen LogP) is 2.66. The molecular formula is C12H9FN2O2. The summed E-state index contributed by atoms with van der Waals surface area (Å²) in [6.45, 7) is 0. The number of aromatic nitrogens is 1. The number of hydrogen-bond donors (Lipinski definition) is 2. The maximum absolute atomic E-state index is 12.9. The van der Waals surface area contributed by atoms with E-state index in [0.717, 1.165) is 0 Å². The summed E-state index contributed by atoms with van der Waals surface area (Å²) in [4.78, 5) is 14.4. The fraction of sp³-hybridized carbons (Fsp3) is 0. The molecule has 5 heteroatoms. The van der Waals surface area contributed by atoms with Crippen molar-refractivity contribution in [2.45, 2.75) is 0 Å². The van der Waals surface area contributed by atoms with Gasteiger partial charge in [0, 0.05) is 17.6 Å². The summed E-state index contributed by atoms with van der Waals surface area (Å²) in [6, 6.07) is 8.90. The van der Waals surface area contributed by atoms with Crippen molar-refractivity contribution >= 4 is 17.3 Å². The van der Waals surface area contributed by atoms with Crippen LogP contribution >= 0.6 is 0 Å². The number of aromatic carboxylic acids is 1. The van der Waals surface area contributed by atoms with E-state index < -0.39 is 5.97 Å². The van der Waals surface area contributed by atoms with E-state index in [1.165, 1.54) is 24.4 Å². The molecule has 2 aromatic rings. The van der Waals surface area contributed by atoms with Crippen LogP contribution < -0.4 is 5.32 Å². The topological polar surface area (TPSA) is 62.2 Å². The van der Waals surface area contributed by atoms with Gasteiger partial charge < -0.3 is 10.4 Å². The van der Waals surface area contributed by atoms with Crippen molar-refractivity contribution in [1.82, 2.24) is 4.98 Å². The Labute approximate surface area is 96.7 Å². The molecule has 1 aromatic heterocycles. The van der Waals surface area contributed by atoms with Crippen LogP contribution in [0.2, 0.25) is 0 Å². The van der Waals surface area contributed by atoms with Gasteiger partial charge in [0.15, 0.2) is 0 Å². The molecule has 0 saturated carbocycles. The zero-order valence-electron chi connectivity index (χ0n) is 8.72. The summed E-state index contributed by atoms with van der Waals surface area (Å²) in [7, 11) is 0. The highest BCUT2D eigenvalue weighted by atomic mass is 19.1. The van der Waals surface area contributed by atoms with Crippen LogP contribution in [0, 0.1) is 5.82 Å². The molecule has 17 heavy (non-hydrogen) atoms. The van der Waals surface area contributed by atoms with Gasteiger partial charge in [0.2, 0.25) is 0 Å². The number of benzene rings is 1. The van der Waals surface area contributed by atoms with Crippen molar-refractivity contribution < 1.29 is 14.3 Å². The van der Waals surface area contributed by atoms with Crippen LogP contribution in [0.4, 0.5) is 15.8 Å². The van der Waals surface area contributed by atoms with E-state index >= 15 is 0 Å². The van der Waals surface area contributed by atoms with Crippen molar-refractivity contribution in [3.05, 3.63) is 54.1 Å². The van der Waals surface area contributed by atoms with E-state index in [1.807, 2.05) is 0 Å². The van der Waals surface area contributed by atoms with Gasteiger partial charge in [-0.25, -0.2) is 14.2 Å². The lowest BCUT2D eigenvalue weighted by atomic mass is 10.2. The van der Waals surface area contributed by atoms with Crippen LogP contribution in [0.25, 0.3) is 0 Å². The molecule has 4 nitrogen and oxygen atoms in total. The SMILES string of the molecule is O=C(O)c1cc(Nc2cccc(F)c2)ccn1. The van der Waals surface area contributed by atoms with Gasteiger partial charge in [0.1, 0.15) is 11.5 Å². The Morgan fingerprint density at radius 1 is 1.24 bits per heavy atom. The van der Waals surface area contributed by atoms with E-state index in [0.29, 0.717) is 11.4 Å². The van der Waals surface area contributed by atoms with E-state index in [2.05, 4.69) is 10.3 Å². The maximum Gasteiger partial charge on any atom is 0.354 e. The van der Waals surface area contributed by atoms with E-state index in [4.69, 9.17) is 5.11 Å². The molecular weight excluding hydrogens is 223 g/mol. The molecule has 1 heterocycles. The minimum atomic E-state index is -1.10. The third-order valence-corrected chi connectivity index (χ3v) is 2.09. The highest BCUT2D eigenvalue weighted by molar-refractivity contribution is 5.86. The third-order valence-electron chi connectivity index (χ3n) is 2.09. The van der Waals surface area contributed by atoms with Crippen molar-refractivity contribution in [3.8, 4) is 0 Å². The predicted molar refractivity (Wildman–Crippen MR) is 60.9 cm³/mol. The van der Waals surface area contributed by atoms with Gasteiger partial charge in [-0.05, 0) is 30.3 Å². The fourth-order valence-corrected chi connectivity index (χ4v) is 1.36. The van der Waals surface area contributed by atoms with Gasteiger partial charge in [-0.3, -0.25) is 0 Å². The molecule has 0 bridgehead atoms. The van der Waals surface area contributed by atoms with E-state index in [-0.39, 0.29) is 11.5 Å². The molecule has 0 saturated heterocycles. The Morgan fingerprint density at radius 2 is 2.00 bits per heavy atom. The Morgan fingerprint density at radius 3 is 2.71 bits per heavy atom. The third kappa shape index (κ3) is 2.78. The first-order valence-electron chi connectivity index (χ1n) is 4.87. The first-order chi connectivity index (χ1) is 8.15. The van der Waals surface area contributed by atoms with Crippen LogP contribution in [0.3, 0.4) is 0 Å². The first kappa shape index (κ1) is 11.1. The van der Waals surface area contributed by atoms with E-state index in [9.17, 15) is 9.18 Å². The van der Waals surface area contributed by atoms with Gasteiger partial charge in [-0.1, -0.05) is 6.07 Å². The van der Waals surface area contributed by atoms with Crippen molar-refractivity contribution in [2.75, 3.05) is 5.32 Å². The average molecular weight is 232 g/mol. The van der Waals surface area contributed by atoms with Crippen LogP contribution in [0.1, 0.15) is 10.5 Å². The van der Waals surface area contributed by atoms with Crippen LogP contribution in [0.5, 0.6) is 0 Å². The number of anilines is 2. The number of carboxylic acid groups (broad SMARTS) is 1. The molecule has 0 aliphatic heterocycles. The lowest BCUT2D eigenvalue weighted by Crippen LogP contribution is -2.01. The number of hydrogen-bond acceptors (Lipinski definition) is 3. The normalized spacial score (nSPS) is 9.94. The van der Waals surface area contributed by atoms with Gasteiger partial charge in [-0.15, -0.1) is 0 Å². The van der Waals surface area contributed by atoms with Gasteiger partial charge in [-0.2, -0.15) is 0 Å². The summed E-state index contributed by atoms with van der Waals surface area (Å²) >= 11 is 0. The number of carboxylic acids is 1. The second-order valence-electron chi connectivity index (χ2n) is 3.37. The zero-order valence-corrected chi connectivity index (χ0v) is 8.72. The molecule has 0 radical (unpaired) electrons.